The van der Waals surface area contributed by atoms with Crippen molar-refractivity contribution in [2.45, 2.75) is 27.3 Å². The third-order valence-corrected chi connectivity index (χ3v) is 4.59. The number of carbonyl (C=O) groups excluding carboxylic acids is 1. The first-order valence-electron chi connectivity index (χ1n) is 8.44. The highest BCUT2D eigenvalue weighted by molar-refractivity contribution is 5.97. The maximum absolute atomic E-state index is 12.7. The SMILES string of the molecule is Cc1cc(C)c(CNC(=O)c2cccc(-c3ccnn3C)c2C)c(=O)[nH]1. The van der Waals surface area contributed by atoms with Gasteiger partial charge in [0.2, 0.25) is 0 Å². The van der Waals surface area contributed by atoms with Crippen LogP contribution in [0.25, 0.3) is 11.3 Å². The van der Waals surface area contributed by atoms with Crippen LogP contribution in [0, 0.1) is 20.8 Å². The van der Waals surface area contributed by atoms with E-state index in [1.54, 1.807) is 16.9 Å². The lowest BCUT2D eigenvalue weighted by Gasteiger charge is -2.13. The molecule has 1 amide bonds. The van der Waals surface area contributed by atoms with Crippen LogP contribution in [0.3, 0.4) is 0 Å². The van der Waals surface area contributed by atoms with Crippen molar-refractivity contribution in [1.82, 2.24) is 20.1 Å². The van der Waals surface area contributed by atoms with Crippen LogP contribution < -0.4 is 10.9 Å². The Bertz CT molecular complexity index is 1030. The molecule has 0 atom stereocenters. The fraction of sp³-hybridized carbons (Fsp3) is 0.250. The minimum absolute atomic E-state index is 0.164. The number of aromatic amines is 1. The molecule has 3 aromatic rings. The van der Waals surface area contributed by atoms with E-state index in [1.165, 1.54) is 0 Å². The average Bonchev–Trinajstić information content (AvgIpc) is 2.99. The molecule has 6 nitrogen and oxygen atoms in total. The fourth-order valence-electron chi connectivity index (χ4n) is 3.16. The summed E-state index contributed by atoms with van der Waals surface area (Å²) in [6.07, 6.45) is 1.73. The van der Waals surface area contributed by atoms with Crippen LogP contribution in [0.2, 0.25) is 0 Å². The van der Waals surface area contributed by atoms with Crippen LogP contribution in [0.1, 0.15) is 32.7 Å². The zero-order valence-electron chi connectivity index (χ0n) is 15.4. The number of amides is 1. The minimum atomic E-state index is -0.203. The van der Waals surface area contributed by atoms with E-state index in [0.29, 0.717) is 11.1 Å². The number of pyridine rings is 1. The standard InChI is InChI=1S/C20H22N4O2/c1-12-10-13(2)23-20(26)17(12)11-21-19(25)16-7-5-6-15(14(16)3)18-8-9-22-24(18)4/h5-10H,11H2,1-4H3,(H,21,25)(H,23,26). The molecule has 2 aromatic heterocycles. The summed E-state index contributed by atoms with van der Waals surface area (Å²) < 4.78 is 1.78. The summed E-state index contributed by atoms with van der Waals surface area (Å²) in [7, 11) is 1.87. The normalized spacial score (nSPS) is 10.8. The second kappa shape index (κ2) is 7.00. The van der Waals surface area contributed by atoms with E-state index in [9.17, 15) is 9.59 Å². The van der Waals surface area contributed by atoms with Gasteiger partial charge in [-0.15, -0.1) is 0 Å². The van der Waals surface area contributed by atoms with Gasteiger partial charge in [0.25, 0.3) is 11.5 Å². The molecule has 26 heavy (non-hydrogen) atoms. The molecule has 0 unspecified atom stereocenters. The summed E-state index contributed by atoms with van der Waals surface area (Å²) in [5.41, 5.74) is 5.46. The molecule has 0 aliphatic carbocycles. The Balaban J connectivity index is 1.86. The molecular weight excluding hydrogens is 328 g/mol. The van der Waals surface area contributed by atoms with Gasteiger partial charge in [0.05, 0.1) is 5.69 Å². The Labute approximate surface area is 151 Å². The number of benzene rings is 1. The molecule has 0 bridgehead atoms. The third kappa shape index (κ3) is 3.31. The summed E-state index contributed by atoms with van der Waals surface area (Å²) in [6, 6.07) is 9.43. The van der Waals surface area contributed by atoms with Crippen LogP contribution in [0.4, 0.5) is 0 Å². The molecule has 6 heteroatoms. The second-order valence-corrected chi connectivity index (χ2v) is 6.44. The number of rotatable bonds is 4. The summed E-state index contributed by atoms with van der Waals surface area (Å²) in [5.74, 6) is -0.203. The Morgan fingerprint density at radius 1 is 1.23 bits per heavy atom. The van der Waals surface area contributed by atoms with Crippen molar-refractivity contribution in [3.05, 3.63) is 74.8 Å². The zero-order valence-corrected chi connectivity index (χ0v) is 15.4. The van der Waals surface area contributed by atoms with Crippen molar-refractivity contribution >= 4 is 5.91 Å². The van der Waals surface area contributed by atoms with Gasteiger partial charge in [-0.2, -0.15) is 5.10 Å². The third-order valence-electron chi connectivity index (χ3n) is 4.59. The highest BCUT2D eigenvalue weighted by atomic mass is 16.1. The maximum Gasteiger partial charge on any atom is 0.253 e. The number of hydrogen-bond donors (Lipinski definition) is 2. The molecule has 0 aliphatic rings. The van der Waals surface area contributed by atoms with Crippen molar-refractivity contribution in [2.24, 2.45) is 7.05 Å². The first-order valence-corrected chi connectivity index (χ1v) is 8.44. The van der Waals surface area contributed by atoms with Crippen LogP contribution in [0.15, 0.2) is 41.3 Å². The number of aryl methyl sites for hydroxylation is 3. The molecule has 0 radical (unpaired) electrons. The van der Waals surface area contributed by atoms with E-state index in [2.05, 4.69) is 15.4 Å². The first kappa shape index (κ1) is 17.7. The number of aromatic nitrogens is 3. The van der Waals surface area contributed by atoms with Gasteiger partial charge in [0.15, 0.2) is 0 Å². The predicted octanol–water partition coefficient (Wildman–Crippen LogP) is 2.63. The lowest BCUT2D eigenvalue weighted by atomic mass is 9.99. The van der Waals surface area contributed by atoms with Crippen molar-refractivity contribution in [1.29, 1.82) is 0 Å². The van der Waals surface area contributed by atoms with Crippen LogP contribution in [0.5, 0.6) is 0 Å². The Morgan fingerprint density at radius 2 is 2.00 bits per heavy atom. The molecule has 0 spiro atoms. The van der Waals surface area contributed by atoms with Gasteiger partial charge in [-0.3, -0.25) is 14.3 Å². The molecule has 3 rings (SSSR count). The van der Waals surface area contributed by atoms with Crippen molar-refractivity contribution in [3.63, 3.8) is 0 Å². The highest BCUT2D eigenvalue weighted by Crippen LogP contribution is 2.25. The topological polar surface area (TPSA) is 79.8 Å². The molecule has 2 heterocycles. The number of nitrogens with one attached hydrogen (secondary N) is 2. The number of H-pyrrole nitrogens is 1. The molecule has 1 aromatic carbocycles. The first-order chi connectivity index (χ1) is 12.4. The van der Waals surface area contributed by atoms with Crippen molar-refractivity contribution in [3.8, 4) is 11.3 Å². The Morgan fingerprint density at radius 3 is 2.65 bits per heavy atom. The zero-order chi connectivity index (χ0) is 18.8. The van der Waals surface area contributed by atoms with Crippen molar-refractivity contribution in [2.75, 3.05) is 0 Å². The molecule has 0 saturated carbocycles. The van der Waals surface area contributed by atoms with Gasteiger partial charge >= 0.3 is 0 Å². The monoisotopic (exact) mass is 350 g/mol. The highest BCUT2D eigenvalue weighted by Gasteiger charge is 2.15. The smallest absolute Gasteiger partial charge is 0.253 e. The van der Waals surface area contributed by atoms with Crippen LogP contribution in [-0.2, 0) is 13.6 Å². The molecule has 0 fully saturated rings. The van der Waals surface area contributed by atoms with Crippen molar-refractivity contribution < 1.29 is 4.79 Å². The average molecular weight is 350 g/mol. The summed E-state index contributed by atoms with van der Waals surface area (Å²) >= 11 is 0. The van der Waals surface area contributed by atoms with Gasteiger partial charge in [0.1, 0.15) is 0 Å². The van der Waals surface area contributed by atoms with Gasteiger partial charge in [-0.05, 0) is 50.1 Å². The predicted molar refractivity (Wildman–Crippen MR) is 101 cm³/mol. The molecule has 0 saturated heterocycles. The lowest BCUT2D eigenvalue weighted by molar-refractivity contribution is 0.0950. The summed E-state index contributed by atoms with van der Waals surface area (Å²) in [4.78, 5) is 27.6. The summed E-state index contributed by atoms with van der Waals surface area (Å²) in [5, 5.41) is 7.05. The van der Waals surface area contributed by atoms with Gasteiger partial charge < -0.3 is 10.3 Å². The van der Waals surface area contributed by atoms with E-state index < -0.39 is 0 Å². The number of carbonyl (C=O) groups is 1. The summed E-state index contributed by atoms with van der Waals surface area (Å²) in [6.45, 7) is 5.82. The van der Waals surface area contributed by atoms with E-state index in [0.717, 1.165) is 28.1 Å². The van der Waals surface area contributed by atoms with E-state index in [1.807, 2.05) is 52.1 Å². The quantitative estimate of drug-likeness (QED) is 0.759. The number of hydrogen-bond acceptors (Lipinski definition) is 3. The molecule has 0 aliphatic heterocycles. The van der Waals surface area contributed by atoms with E-state index in [4.69, 9.17) is 0 Å². The Hall–Kier alpha value is -3.15. The maximum atomic E-state index is 12.7. The molecule has 134 valence electrons. The van der Waals surface area contributed by atoms with E-state index >= 15 is 0 Å². The van der Waals surface area contributed by atoms with E-state index in [-0.39, 0.29) is 18.0 Å². The van der Waals surface area contributed by atoms with Crippen LogP contribution >= 0.6 is 0 Å². The fourth-order valence-corrected chi connectivity index (χ4v) is 3.16. The lowest BCUT2D eigenvalue weighted by Crippen LogP contribution is -2.28. The molecule has 2 N–H and O–H groups in total. The number of nitrogens with zero attached hydrogens (tertiary/aromatic N) is 2. The minimum Gasteiger partial charge on any atom is -0.348 e. The van der Waals surface area contributed by atoms with Gasteiger partial charge in [-0.25, -0.2) is 0 Å². The van der Waals surface area contributed by atoms with Gasteiger partial charge in [-0.1, -0.05) is 12.1 Å². The van der Waals surface area contributed by atoms with Crippen LogP contribution in [-0.4, -0.2) is 20.7 Å². The van der Waals surface area contributed by atoms with Gasteiger partial charge in [0, 0.05) is 42.2 Å². The molecular formula is C20H22N4O2. The Kier molecular flexibility index (Phi) is 4.75. The largest absolute Gasteiger partial charge is 0.348 e. The second-order valence-electron chi connectivity index (χ2n) is 6.44.